The van der Waals surface area contributed by atoms with Gasteiger partial charge in [0.25, 0.3) is 5.56 Å². The van der Waals surface area contributed by atoms with Gasteiger partial charge in [-0.2, -0.15) is 0 Å². The van der Waals surface area contributed by atoms with Crippen molar-refractivity contribution < 1.29 is 13.9 Å². The van der Waals surface area contributed by atoms with Gasteiger partial charge in [-0.05, 0) is 75.1 Å². The number of halogens is 2. The summed E-state index contributed by atoms with van der Waals surface area (Å²) in [6.07, 6.45) is 3.37. The van der Waals surface area contributed by atoms with Gasteiger partial charge in [0.05, 0.1) is 38.0 Å². The second-order valence-electron chi connectivity index (χ2n) is 9.14. The number of fused-ring (bicyclic) bond motifs is 1. The fourth-order valence-electron chi connectivity index (χ4n) is 4.33. The topological polar surface area (TPSA) is 73.8 Å². The van der Waals surface area contributed by atoms with E-state index in [1.165, 1.54) is 11.3 Å². The van der Waals surface area contributed by atoms with E-state index in [0.29, 0.717) is 42.2 Å². The quantitative estimate of drug-likeness (QED) is 0.188. The highest BCUT2D eigenvalue weighted by atomic mass is 35.5. The number of carbonyl (C=O) groups excluding carboxylic acids is 1. The SMILES string of the molecule is CSc1ccc(C2C(C(=O)OC(C)C)=C(C)N=c3sc(=Cc4ccc(-c5ccc(Cl)c(Cl)c5)o4)c(=O)n32)cc1. The van der Waals surface area contributed by atoms with Crippen molar-refractivity contribution in [2.75, 3.05) is 6.26 Å². The highest BCUT2D eigenvalue weighted by Crippen LogP contribution is 2.32. The average molecular weight is 600 g/mol. The van der Waals surface area contributed by atoms with E-state index in [9.17, 15) is 9.59 Å². The first kappa shape index (κ1) is 27.5. The third-order valence-corrected chi connectivity index (χ3v) is 8.59. The number of carbonyl (C=O) groups is 1. The number of thioether (sulfide) groups is 1. The van der Waals surface area contributed by atoms with Crippen LogP contribution in [0.1, 0.15) is 38.1 Å². The molecule has 1 aliphatic heterocycles. The minimum absolute atomic E-state index is 0.271. The number of allylic oxidation sites excluding steroid dienone is 1. The van der Waals surface area contributed by atoms with Crippen LogP contribution in [0.2, 0.25) is 10.0 Å². The molecule has 1 aliphatic rings. The number of hydrogen-bond acceptors (Lipinski definition) is 7. The number of rotatable bonds is 6. The molecule has 39 heavy (non-hydrogen) atoms. The maximum atomic E-state index is 13.8. The van der Waals surface area contributed by atoms with Crippen LogP contribution < -0.4 is 14.9 Å². The van der Waals surface area contributed by atoms with E-state index < -0.39 is 12.0 Å². The van der Waals surface area contributed by atoms with E-state index in [0.717, 1.165) is 16.0 Å². The molecule has 200 valence electrons. The number of esters is 1. The molecule has 0 aliphatic carbocycles. The van der Waals surface area contributed by atoms with Gasteiger partial charge < -0.3 is 9.15 Å². The third kappa shape index (κ3) is 5.52. The Kier molecular flexibility index (Phi) is 7.91. The second-order valence-corrected chi connectivity index (χ2v) is 11.8. The molecule has 0 bridgehead atoms. The molecule has 0 fully saturated rings. The zero-order valence-corrected chi connectivity index (χ0v) is 24.7. The van der Waals surface area contributed by atoms with E-state index in [-0.39, 0.29) is 11.7 Å². The number of nitrogens with zero attached hydrogens (tertiary/aromatic N) is 2. The zero-order chi connectivity index (χ0) is 27.8. The van der Waals surface area contributed by atoms with Crippen LogP contribution in [0.4, 0.5) is 0 Å². The summed E-state index contributed by atoms with van der Waals surface area (Å²) in [4.78, 5) is 33.3. The Hall–Kier alpha value is -3.04. The van der Waals surface area contributed by atoms with Crippen molar-refractivity contribution in [3.05, 3.63) is 107 Å². The molecule has 5 rings (SSSR count). The standard InChI is InChI=1S/C29H24Cl2N2O4S2/c1-15(2)36-28(35)25-16(3)32-29-33(26(25)17-5-9-20(38-4)10-6-17)27(34)24(39-29)14-19-8-12-23(37-19)18-7-11-21(30)22(31)13-18/h5-15,26H,1-4H3. The molecule has 4 aromatic rings. The number of benzene rings is 2. The Balaban J connectivity index is 1.62. The van der Waals surface area contributed by atoms with Crippen molar-refractivity contribution in [2.24, 2.45) is 4.99 Å². The molecule has 0 spiro atoms. The maximum Gasteiger partial charge on any atom is 0.338 e. The first-order valence-electron chi connectivity index (χ1n) is 12.1. The Bertz CT molecular complexity index is 1780. The van der Waals surface area contributed by atoms with Gasteiger partial charge in [0.15, 0.2) is 4.80 Å². The molecule has 0 N–H and O–H groups in total. The van der Waals surface area contributed by atoms with E-state index in [4.69, 9.17) is 32.4 Å². The van der Waals surface area contributed by atoms with Crippen molar-refractivity contribution in [1.29, 1.82) is 0 Å². The fraction of sp³-hybridized carbons (Fsp3) is 0.207. The summed E-state index contributed by atoms with van der Waals surface area (Å²) in [6, 6.07) is 16.0. The summed E-state index contributed by atoms with van der Waals surface area (Å²) in [6.45, 7) is 5.36. The maximum absolute atomic E-state index is 13.8. The number of thiazole rings is 1. The molecule has 2 aromatic heterocycles. The summed E-state index contributed by atoms with van der Waals surface area (Å²) in [7, 11) is 0. The minimum atomic E-state index is -0.672. The molecule has 0 radical (unpaired) electrons. The Labute approximate surface area is 243 Å². The average Bonchev–Trinajstić information content (AvgIpc) is 3.49. The van der Waals surface area contributed by atoms with Crippen molar-refractivity contribution in [1.82, 2.24) is 4.57 Å². The highest BCUT2D eigenvalue weighted by Gasteiger charge is 2.33. The highest BCUT2D eigenvalue weighted by molar-refractivity contribution is 7.98. The third-order valence-electron chi connectivity index (χ3n) is 6.12. The van der Waals surface area contributed by atoms with Gasteiger partial charge in [0.2, 0.25) is 0 Å². The van der Waals surface area contributed by atoms with Gasteiger partial charge in [-0.15, -0.1) is 11.8 Å². The summed E-state index contributed by atoms with van der Waals surface area (Å²) >= 11 is 15.1. The summed E-state index contributed by atoms with van der Waals surface area (Å²) in [5, 5.41) is 0.881. The number of furan rings is 1. The van der Waals surface area contributed by atoms with Crippen LogP contribution in [0.15, 0.2) is 85.0 Å². The molecule has 1 unspecified atom stereocenters. The number of aromatic nitrogens is 1. The first-order valence-corrected chi connectivity index (χ1v) is 14.9. The van der Waals surface area contributed by atoms with Crippen molar-refractivity contribution in [2.45, 2.75) is 37.8 Å². The lowest BCUT2D eigenvalue weighted by Gasteiger charge is -2.25. The van der Waals surface area contributed by atoms with Crippen LogP contribution in [0.5, 0.6) is 0 Å². The molecular weight excluding hydrogens is 575 g/mol. The normalized spacial score (nSPS) is 15.5. The van der Waals surface area contributed by atoms with E-state index >= 15 is 0 Å². The van der Waals surface area contributed by atoms with Gasteiger partial charge in [-0.25, -0.2) is 9.79 Å². The van der Waals surface area contributed by atoms with E-state index in [2.05, 4.69) is 4.99 Å². The van der Waals surface area contributed by atoms with Gasteiger partial charge in [0, 0.05) is 16.5 Å². The van der Waals surface area contributed by atoms with Gasteiger partial charge >= 0.3 is 5.97 Å². The van der Waals surface area contributed by atoms with Crippen LogP contribution in [-0.4, -0.2) is 22.9 Å². The zero-order valence-electron chi connectivity index (χ0n) is 21.5. The number of hydrogen-bond donors (Lipinski definition) is 0. The Morgan fingerprint density at radius 2 is 1.87 bits per heavy atom. The first-order chi connectivity index (χ1) is 18.7. The Morgan fingerprint density at radius 1 is 1.13 bits per heavy atom. The summed E-state index contributed by atoms with van der Waals surface area (Å²) < 4.78 is 13.6. The summed E-state index contributed by atoms with van der Waals surface area (Å²) in [5.41, 5.74) is 2.16. The predicted octanol–water partition coefficient (Wildman–Crippen LogP) is 6.48. The molecule has 0 saturated carbocycles. The van der Waals surface area contributed by atoms with Crippen LogP contribution >= 0.6 is 46.3 Å². The lowest BCUT2D eigenvalue weighted by atomic mass is 9.96. The largest absolute Gasteiger partial charge is 0.459 e. The smallest absolute Gasteiger partial charge is 0.338 e. The van der Waals surface area contributed by atoms with E-state index in [1.54, 1.807) is 61.4 Å². The molecule has 1 atom stereocenters. The van der Waals surface area contributed by atoms with Crippen LogP contribution in [0.3, 0.4) is 0 Å². The fourth-order valence-corrected chi connectivity index (χ4v) is 6.06. The second kappa shape index (κ2) is 11.2. The van der Waals surface area contributed by atoms with Crippen LogP contribution in [0, 0.1) is 0 Å². The molecule has 3 heterocycles. The molecular formula is C29H24Cl2N2O4S2. The lowest BCUT2D eigenvalue weighted by Crippen LogP contribution is -2.40. The van der Waals surface area contributed by atoms with Crippen molar-refractivity contribution >= 4 is 58.3 Å². The molecule has 10 heteroatoms. The number of ether oxygens (including phenoxy) is 1. The van der Waals surface area contributed by atoms with Gasteiger partial charge in [-0.1, -0.05) is 46.7 Å². The molecule has 2 aromatic carbocycles. The summed E-state index contributed by atoms with van der Waals surface area (Å²) in [5.74, 6) is 0.600. The Morgan fingerprint density at radius 3 is 2.54 bits per heavy atom. The monoisotopic (exact) mass is 598 g/mol. The van der Waals surface area contributed by atoms with Crippen LogP contribution in [-0.2, 0) is 9.53 Å². The van der Waals surface area contributed by atoms with Gasteiger partial charge in [0.1, 0.15) is 11.5 Å². The van der Waals surface area contributed by atoms with Crippen molar-refractivity contribution in [3.8, 4) is 11.3 Å². The minimum Gasteiger partial charge on any atom is -0.459 e. The van der Waals surface area contributed by atoms with Gasteiger partial charge in [-0.3, -0.25) is 9.36 Å². The molecule has 0 saturated heterocycles. The van der Waals surface area contributed by atoms with Crippen LogP contribution in [0.25, 0.3) is 17.4 Å². The predicted molar refractivity (Wildman–Crippen MR) is 157 cm³/mol. The van der Waals surface area contributed by atoms with E-state index in [1.807, 2.05) is 42.7 Å². The molecule has 0 amide bonds. The van der Waals surface area contributed by atoms with Crippen molar-refractivity contribution in [3.63, 3.8) is 0 Å². The molecule has 6 nitrogen and oxygen atoms in total. The lowest BCUT2D eigenvalue weighted by molar-refractivity contribution is -0.143.